The summed E-state index contributed by atoms with van der Waals surface area (Å²) in [6, 6.07) is 12.1. The fourth-order valence-corrected chi connectivity index (χ4v) is 2.20. The van der Waals surface area contributed by atoms with Crippen molar-refractivity contribution < 1.29 is 9.18 Å². The summed E-state index contributed by atoms with van der Waals surface area (Å²) in [5.41, 5.74) is 1.99. The summed E-state index contributed by atoms with van der Waals surface area (Å²) in [5, 5.41) is 5.88. The molecule has 110 valence electrons. The summed E-state index contributed by atoms with van der Waals surface area (Å²) in [5.74, 6) is -0.599. The summed E-state index contributed by atoms with van der Waals surface area (Å²) in [7, 11) is 0. The summed E-state index contributed by atoms with van der Waals surface area (Å²) in [6.07, 6.45) is 0. The fourth-order valence-electron chi connectivity index (χ4n) is 2.02. The molecule has 0 saturated carbocycles. The van der Waals surface area contributed by atoms with E-state index in [-0.39, 0.29) is 17.0 Å². The first-order valence-corrected chi connectivity index (χ1v) is 6.93. The third kappa shape index (κ3) is 3.95. The molecule has 5 heteroatoms. The predicted octanol–water partition coefficient (Wildman–Crippen LogP) is 4.61. The van der Waals surface area contributed by atoms with Crippen LogP contribution in [0, 0.1) is 5.82 Å². The Morgan fingerprint density at radius 1 is 1.24 bits per heavy atom. The molecule has 2 aromatic carbocycles. The lowest BCUT2D eigenvalue weighted by Crippen LogP contribution is -2.10. The van der Waals surface area contributed by atoms with Gasteiger partial charge in [0.15, 0.2) is 5.82 Å². The van der Waals surface area contributed by atoms with Crippen molar-refractivity contribution in [2.45, 2.75) is 19.9 Å². The van der Waals surface area contributed by atoms with E-state index in [9.17, 15) is 9.18 Å². The quantitative estimate of drug-likeness (QED) is 0.866. The van der Waals surface area contributed by atoms with Gasteiger partial charge in [-0.3, -0.25) is 4.79 Å². The van der Waals surface area contributed by atoms with Gasteiger partial charge < -0.3 is 10.6 Å². The van der Waals surface area contributed by atoms with E-state index in [1.54, 1.807) is 18.2 Å². The molecule has 1 amide bonds. The highest BCUT2D eigenvalue weighted by atomic mass is 35.5. The molecule has 0 heterocycles. The molecule has 1 unspecified atom stereocenters. The maximum absolute atomic E-state index is 13.9. The lowest BCUT2D eigenvalue weighted by molar-refractivity contribution is -0.114. The van der Waals surface area contributed by atoms with Crippen molar-refractivity contribution in [2.24, 2.45) is 0 Å². The number of nitrogens with one attached hydrogen (secondary N) is 2. The normalized spacial score (nSPS) is 11.8. The van der Waals surface area contributed by atoms with Crippen molar-refractivity contribution >= 4 is 28.9 Å². The Labute approximate surface area is 128 Å². The molecule has 0 aliphatic carbocycles. The fraction of sp³-hybridized carbons (Fsp3) is 0.188. The van der Waals surface area contributed by atoms with Crippen LogP contribution in [0.15, 0.2) is 42.5 Å². The standard InChI is InChI=1S/C16H16ClFN2O/c1-10(19-15-8-4-7-14(17)16(15)18)12-5-3-6-13(9-12)20-11(2)21/h3-10,19H,1-2H3,(H,20,21). The molecule has 0 aliphatic heterocycles. The molecular weight excluding hydrogens is 291 g/mol. The SMILES string of the molecule is CC(=O)Nc1cccc(C(C)Nc2cccc(Cl)c2F)c1. The van der Waals surface area contributed by atoms with E-state index < -0.39 is 5.82 Å². The number of benzene rings is 2. The van der Waals surface area contributed by atoms with Crippen LogP contribution in [-0.2, 0) is 4.79 Å². The molecule has 2 N–H and O–H groups in total. The van der Waals surface area contributed by atoms with Crippen LogP contribution in [0.2, 0.25) is 5.02 Å². The molecule has 3 nitrogen and oxygen atoms in total. The van der Waals surface area contributed by atoms with Crippen molar-refractivity contribution in [2.75, 3.05) is 10.6 Å². The van der Waals surface area contributed by atoms with Crippen LogP contribution in [0.1, 0.15) is 25.5 Å². The second-order valence-corrected chi connectivity index (χ2v) is 5.18. The smallest absolute Gasteiger partial charge is 0.221 e. The minimum atomic E-state index is -0.468. The second-order valence-electron chi connectivity index (χ2n) is 4.77. The molecule has 0 radical (unpaired) electrons. The number of halogens is 2. The van der Waals surface area contributed by atoms with Gasteiger partial charge in [0.2, 0.25) is 5.91 Å². The zero-order valence-corrected chi connectivity index (χ0v) is 12.5. The van der Waals surface area contributed by atoms with Gasteiger partial charge in [-0.2, -0.15) is 0 Å². The molecule has 0 aliphatic rings. The van der Waals surface area contributed by atoms with E-state index in [2.05, 4.69) is 10.6 Å². The number of carbonyl (C=O) groups is 1. The van der Waals surface area contributed by atoms with E-state index in [0.29, 0.717) is 11.4 Å². The van der Waals surface area contributed by atoms with Crippen LogP contribution in [0.3, 0.4) is 0 Å². The number of rotatable bonds is 4. The summed E-state index contributed by atoms with van der Waals surface area (Å²) in [6.45, 7) is 3.36. The Morgan fingerprint density at radius 3 is 2.67 bits per heavy atom. The molecule has 0 saturated heterocycles. The lowest BCUT2D eigenvalue weighted by atomic mass is 10.1. The van der Waals surface area contributed by atoms with Crippen LogP contribution < -0.4 is 10.6 Å². The Hall–Kier alpha value is -2.07. The summed E-state index contributed by atoms with van der Waals surface area (Å²) in [4.78, 5) is 11.1. The first-order valence-electron chi connectivity index (χ1n) is 6.55. The molecule has 21 heavy (non-hydrogen) atoms. The highest BCUT2D eigenvalue weighted by Gasteiger charge is 2.11. The molecule has 0 fully saturated rings. The van der Waals surface area contributed by atoms with Crippen molar-refractivity contribution in [1.82, 2.24) is 0 Å². The minimum Gasteiger partial charge on any atom is -0.376 e. The Morgan fingerprint density at radius 2 is 1.95 bits per heavy atom. The maximum Gasteiger partial charge on any atom is 0.221 e. The first-order chi connectivity index (χ1) is 9.97. The van der Waals surface area contributed by atoms with Gasteiger partial charge in [-0.05, 0) is 36.8 Å². The highest BCUT2D eigenvalue weighted by molar-refractivity contribution is 6.31. The number of hydrogen-bond acceptors (Lipinski definition) is 2. The van der Waals surface area contributed by atoms with Crippen molar-refractivity contribution in [1.29, 1.82) is 0 Å². The molecule has 2 aromatic rings. The third-order valence-corrected chi connectivity index (χ3v) is 3.32. The van der Waals surface area contributed by atoms with Gasteiger partial charge in [0.1, 0.15) is 0 Å². The monoisotopic (exact) mass is 306 g/mol. The number of amides is 1. The van der Waals surface area contributed by atoms with Gasteiger partial charge in [0.25, 0.3) is 0 Å². The van der Waals surface area contributed by atoms with Gasteiger partial charge in [-0.15, -0.1) is 0 Å². The minimum absolute atomic E-state index is 0.0826. The largest absolute Gasteiger partial charge is 0.376 e. The third-order valence-electron chi connectivity index (χ3n) is 3.03. The lowest BCUT2D eigenvalue weighted by Gasteiger charge is -2.17. The molecular formula is C16H16ClFN2O. The molecule has 1 atom stereocenters. The average molecular weight is 307 g/mol. The number of carbonyl (C=O) groups excluding carboxylic acids is 1. The second kappa shape index (κ2) is 6.59. The maximum atomic E-state index is 13.9. The predicted molar refractivity (Wildman–Crippen MR) is 84.2 cm³/mol. The van der Waals surface area contributed by atoms with Gasteiger partial charge in [0.05, 0.1) is 10.7 Å². The average Bonchev–Trinajstić information content (AvgIpc) is 2.43. The van der Waals surface area contributed by atoms with E-state index in [1.807, 2.05) is 25.1 Å². The molecule has 0 spiro atoms. The van der Waals surface area contributed by atoms with E-state index in [1.165, 1.54) is 13.0 Å². The number of anilines is 2. The van der Waals surface area contributed by atoms with Crippen molar-refractivity contribution in [3.05, 3.63) is 58.9 Å². The van der Waals surface area contributed by atoms with Crippen LogP contribution in [-0.4, -0.2) is 5.91 Å². The Bertz CT molecular complexity index is 660. The highest BCUT2D eigenvalue weighted by Crippen LogP contribution is 2.27. The topological polar surface area (TPSA) is 41.1 Å². The van der Waals surface area contributed by atoms with E-state index >= 15 is 0 Å². The molecule has 0 aromatic heterocycles. The van der Waals surface area contributed by atoms with Crippen molar-refractivity contribution in [3.63, 3.8) is 0 Å². The van der Waals surface area contributed by atoms with Gasteiger partial charge in [-0.1, -0.05) is 29.8 Å². The van der Waals surface area contributed by atoms with Crippen molar-refractivity contribution in [3.8, 4) is 0 Å². The van der Waals surface area contributed by atoms with Crippen LogP contribution >= 0.6 is 11.6 Å². The zero-order valence-electron chi connectivity index (χ0n) is 11.8. The van der Waals surface area contributed by atoms with Gasteiger partial charge >= 0.3 is 0 Å². The van der Waals surface area contributed by atoms with Crippen LogP contribution in [0.25, 0.3) is 0 Å². The van der Waals surface area contributed by atoms with Gasteiger partial charge in [0, 0.05) is 18.7 Å². The summed E-state index contributed by atoms with van der Waals surface area (Å²) < 4.78 is 13.9. The zero-order chi connectivity index (χ0) is 15.4. The Balaban J connectivity index is 2.18. The van der Waals surface area contributed by atoms with Crippen LogP contribution in [0.4, 0.5) is 15.8 Å². The first kappa shape index (κ1) is 15.3. The molecule has 0 bridgehead atoms. The van der Waals surface area contributed by atoms with E-state index in [4.69, 9.17) is 11.6 Å². The van der Waals surface area contributed by atoms with E-state index in [0.717, 1.165) is 5.56 Å². The van der Waals surface area contributed by atoms with Crippen LogP contribution in [0.5, 0.6) is 0 Å². The summed E-state index contributed by atoms with van der Waals surface area (Å²) >= 11 is 5.76. The van der Waals surface area contributed by atoms with Gasteiger partial charge in [-0.25, -0.2) is 4.39 Å². The number of hydrogen-bond donors (Lipinski definition) is 2. The Kier molecular flexibility index (Phi) is 4.81. The molecule has 2 rings (SSSR count).